The van der Waals surface area contributed by atoms with Gasteiger partial charge in [-0.2, -0.15) is 0 Å². The van der Waals surface area contributed by atoms with Gasteiger partial charge in [-0.25, -0.2) is 0 Å². The van der Waals surface area contributed by atoms with Gasteiger partial charge in [-0.1, -0.05) is 12.1 Å². The van der Waals surface area contributed by atoms with Crippen molar-refractivity contribution >= 4 is 12.4 Å². The third-order valence-corrected chi connectivity index (χ3v) is 5.26. The Morgan fingerprint density at radius 2 is 1.57 bits per heavy atom. The van der Waals surface area contributed by atoms with Gasteiger partial charge in [0.05, 0.1) is 25.1 Å². The zero-order valence-electron chi connectivity index (χ0n) is 12.6. The lowest BCUT2D eigenvalue weighted by Gasteiger charge is -2.39. The zero-order chi connectivity index (χ0) is 14.6. The van der Waals surface area contributed by atoms with Crippen molar-refractivity contribution < 1.29 is 13.6 Å². The minimum absolute atomic E-state index is 0. The highest BCUT2D eigenvalue weighted by atomic mass is 35.5. The summed E-state index contributed by atoms with van der Waals surface area (Å²) in [5.41, 5.74) is 6.46. The number of halogens is 1. The quantitative estimate of drug-likeness (QED) is 0.686. The molecule has 0 saturated heterocycles. The van der Waals surface area contributed by atoms with Crippen molar-refractivity contribution in [1.29, 1.82) is 0 Å². The fraction of sp³-hybridized carbons (Fsp3) is 0.263. The van der Waals surface area contributed by atoms with Crippen LogP contribution in [0.1, 0.15) is 34.2 Å². The van der Waals surface area contributed by atoms with E-state index in [0.717, 1.165) is 31.6 Å². The summed E-state index contributed by atoms with van der Waals surface area (Å²) in [6.45, 7) is 0.743. The fourth-order valence-corrected chi connectivity index (χ4v) is 3.98. The van der Waals surface area contributed by atoms with Gasteiger partial charge in [0.25, 0.3) is 0 Å². The van der Waals surface area contributed by atoms with E-state index in [1.807, 2.05) is 12.5 Å². The molecule has 0 amide bonds. The molecule has 1 aliphatic heterocycles. The number of furan rings is 2. The summed E-state index contributed by atoms with van der Waals surface area (Å²) in [4.78, 5) is 0. The minimum atomic E-state index is -0.0823. The van der Waals surface area contributed by atoms with Crippen LogP contribution >= 0.6 is 12.4 Å². The lowest BCUT2D eigenvalue weighted by Crippen LogP contribution is -2.35. The molecular formula is C19H17ClO3. The van der Waals surface area contributed by atoms with Gasteiger partial charge in [-0.05, 0) is 42.5 Å². The maximum atomic E-state index is 5.76. The van der Waals surface area contributed by atoms with Crippen molar-refractivity contribution in [2.24, 2.45) is 0 Å². The predicted molar refractivity (Wildman–Crippen MR) is 88.2 cm³/mol. The molecular weight excluding hydrogens is 312 g/mol. The summed E-state index contributed by atoms with van der Waals surface area (Å²) < 4.78 is 16.5. The highest BCUT2D eigenvalue weighted by Gasteiger charge is 2.41. The normalized spacial score (nSPS) is 17.2. The molecule has 0 fully saturated rings. The Morgan fingerprint density at radius 1 is 0.870 bits per heavy atom. The SMILES string of the molecule is Cl.c1cc(C2(c3ccoc3)CCc3ccc4c(c3C2)OC4)co1. The summed E-state index contributed by atoms with van der Waals surface area (Å²) in [5.74, 6) is 1.11. The monoisotopic (exact) mass is 328 g/mol. The van der Waals surface area contributed by atoms with Gasteiger partial charge in [0, 0.05) is 22.1 Å². The summed E-state index contributed by atoms with van der Waals surface area (Å²) in [7, 11) is 0. The molecule has 0 atom stereocenters. The number of ether oxygens (including phenoxy) is 1. The second kappa shape index (κ2) is 5.20. The molecule has 23 heavy (non-hydrogen) atoms. The van der Waals surface area contributed by atoms with Crippen molar-refractivity contribution in [2.45, 2.75) is 31.3 Å². The van der Waals surface area contributed by atoms with Crippen LogP contribution in [0.4, 0.5) is 0 Å². The summed E-state index contributed by atoms with van der Waals surface area (Å²) in [5, 5.41) is 0. The topological polar surface area (TPSA) is 35.5 Å². The van der Waals surface area contributed by atoms with Crippen molar-refractivity contribution in [3.63, 3.8) is 0 Å². The van der Waals surface area contributed by atoms with Crippen LogP contribution in [0, 0.1) is 0 Å². The van der Waals surface area contributed by atoms with E-state index in [4.69, 9.17) is 13.6 Å². The van der Waals surface area contributed by atoms with E-state index in [9.17, 15) is 0 Å². The highest BCUT2D eigenvalue weighted by molar-refractivity contribution is 5.85. The van der Waals surface area contributed by atoms with Crippen molar-refractivity contribution in [3.05, 3.63) is 77.1 Å². The van der Waals surface area contributed by atoms with E-state index < -0.39 is 0 Å². The first-order valence-electron chi connectivity index (χ1n) is 7.69. The van der Waals surface area contributed by atoms with Crippen molar-refractivity contribution in [1.82, 2.24) is 0 Å². The molecule has 0 unspecified atom stereocenters. The average molecular weight is 329 g/mol. The zero-order valence-corrected chi connectivity index (χ0v) is 13.4. The standard InChI is InChI=1S/C19H16O3.ClH/c1-2-14-10-22-18(14)17-9-19(6-3-13(1)17,15-4-7-20-11-15)16-5-8-21-12-16;/h1-2,4-5,7-8,11-12H,3,6,9-10H2;1H. The van der Waals surface area contributed by atoms with Crippen LogP contribution in [0.2, 0.25) is 0 Å². The Labute approximate surface area is 140 Å². The number of hydrogen-bond donors (Lipinski definition) is 0. The Bertz CT molecular complexity index is 784. The Kier molecular flexibility index (Phi) is 3.27. The minimum Gasteiger partial charge on any atom is -0.488 e. The summed E-state index contributed by atoms with van der Waals surface area (Å²) in [6, 6.07) is 8.63. The van der Waals surface area contributed by atoms with Crippen LogP contribution in [-0.2, 0) is 24.9 Å². The lowest BCUT2D eigenvalue weighted by molar-refractivity contribution is 0.235. The van der Waals surface area contributed by atoms with Gasteiger partial charge in [0.15, 0.2) is 0 Å². The summed E-state index contributed by atoms with van der Waals surface area (Å²) in [6.07, 6.45) is 10.3. The van der Waals surface area contributed by atoms with Gasteiger partial charge >= 0.3 is 0 Å². The fourth-order valence-electron chi connectivity index (χ4n) is 3.98. The van der Waals surface area contributed by atoms with Crippen LogP contribution in [0.15, 0.2) is 58.2 Å². The van der Waals surface area contributed by atoms with Crippen molar-refractivity contribution in [2.75, 3.05) is 0 Å². The lowest BCUT2D eigenvalue weighted by atomic mass is 9.64. The van der Waals surface area contributed by atoms with Gasteiger partial charge in [0.2, 0.25) is 0 Å². The highest BCUT2D eigenvalue weighted by Crippen LogP contribution is 2.48. The number of benzene rings is 1. The molecule has 0 spiro atoms. The molecule has 4 heteroatoms. The number of hydrogen-bond acceptors (Lipinski definition) is 3. The number of rotatable bonds is 2. The third kappa shape index (κ3) is 1.96. The second-order valence-corrected chi connectivity index (χ2v) is 6.26. The molecule has 2 aliphatic rings. The Morgan fingerprint density at radius 3 is 2.13 bits per heavy atom. The molecule has 118 valence electrons. The van der Waals surface area contributed by atoms with E-state index >= 15 is 0 Å². The molecule has 3 nitrogen and oxygen atoms in total. The molecule has 2 aromatic heterocycles. The molecule has 0 N–H and O–H groups in total. The van der Waals surface area contributed by atoms with Crippen molar-refractivity contribution in [3.8, 4) is 5.75 Å². The van der Waals surface area contributed by atoms with E-state index in [2.05, 4.69) is 24.3 Å². The Hall–Kier alpha value is -2.13. The van der Waals surface area contributed by atoms with E-state index in [-0.39, 0.29) is 17.8 Å². The molecule has 0 radical (unpaired) electrons. The molecule has 0 saturated carbocycles. The van der Waals surface area contributed by atoms with E-state index in [1.165, 1.54) is 27.8 Å². The van der Waals surface area contributed by atoms with E-state index in [1.54, 1.807) is 12.5 Å². The molecule has 3 aromatic rings. The van der Waals surface area contributed by atoms with Gasteiger partial charge in [0.1, 0.15) is 12.4 Å². The van der Waals surface area contributed by atoms with Crippen LogP contribution in [-0.4, -0.2) is 0 Å². The molecule has 0 bridgehead atoms. The van der Waals surface area contributed by atoms with Crippen LogP contribution in [0.25, 0.3) is 0 Å². The molecule has 5 rings (SSSR count). The summed E-state index contributed by atoms with van der Waals surface area (Å²) >= 11 is 0. The Balaban J connectivity index is 0.00000135. The predicted octanol–water partition coefficient (Wildman–Crippen LogP) is 4.66. The maximum absolute atomic E-state index is 5.76. The van der Waals surface area contributed by atoms with Gasteiger partial charge in [-0.3, -0.25) is 0 Å². The molecule has 1 aliphatic carbocycles. The van der Waals surface area contributed by atoms with Crippen LogP contribution < -0.4 is 4.74 Å². The largest absolute Gasteiger partial charge is 0.488 e. The molecule has 1 aromatic carbocycles. The first kappa shape index (κ1) is 14.5. The first-order valence-corrected chi connectivity index (χ1v) is 7.69. The van der Waals surface area contributed by atoms with Gasteiger partial charge < -0.3 is 13.6 Å². The average Bonchev–Trinajstić information content (AvgIpc) is 3.21. The maximum Gasteiger partial charge on any atom is 0.129 e. The number of aryl methyl sites for hydroxylation is 1. The molecule has 3 heterocycles. The first-order chi connectivity index (χ1) is 10.9. The smallest absolute Gasteiger partial charge is 0.129 e. The van der Waals surface area contributed by atoms with Crippen LogP contribution in [0.3, 0.4) is 0 Å². The van der Waals surface area contributed by atoms with E-state index in [0.29, 0.717) is 0 Å². The third-order valence-electron chi connectivity index (χ3n) is 5.26. The number of fused-ring (bicyclic) bond motifs is 3. The van der Waals surface area contributed by atoms with Gasteiger partial charge in [-0.15, -0.1) is 12.4 Å². The van der Waals surface area contributed by atoms with Crippen LogP contribution in [0.5, 0.6) is 5.75 Å². The second-order valence-electron chi connectivity index (χ2n) is 6.26.